The molecule has 0 radical (unpaired) electrons. The highest BCUT2D eigenvalue weighted by molar-refractivity contribution is 8.26. The Bertz CT molecular complexity index is 858. The Morgan fingerprint density at radius 2 is 1.76 bits per heavy atom. The van der Waals surface area contributed by atoms with E-state index in [4.69, 9.17) is 31.5 Å². The summed E-state index contributed by atoms with van der Waals surface area (Å²) < 4.78 is 15.9. The Balaban J connectivity index is 2.38. The topological polar surface area (TPSA) is 123 Å². The number of ether oxygens (including phenoxy) is 3. The number of amides is 1. The summed E-state index contributed by atoms with van der Waals surface area (Å²) in [6.07, 6.45) is 0.869. The normalized spacial score (nSPS) is 16.1. The quantitative estimate of drug-likeness (QED) is 0.436. The summed E-state index contributed by atoms with van der Waals surface area (Å²) in [7, 11) is 4.38. The smallest absolute Gasteiger partial charge is 0.326 e. The van der Waals surface area contributed by atoms with Gasteiger partial charge in [-0.2, -0.15) is 0 Å². The SMILES string of the molecule is COc1cc(/C=C2\SC(=S)N([C@H](CCC(=O)O)C(=O)O)C2=O)cc(OC)c1OC. The highest BCUT2D eigenvalue weighted by Crippen LogP contribution is 2.40. The monoisotopic (exact) mass is 441 g/mol. The lowest BCUT2D eigenvalue weighted by atomic mass is 10.1. The van der Waals surface area contributed by atoms with Gasteiger partial charge in [0.1, 0.15) is 10.4 Å². The van der Waals surface area contributed by atoms with Gasteiger partial charge in [-0.05, 0) is 30.2 Å². The molecular formula is C18H19NO8S2. The highest BCUT2D eigenvalue weighted by Gasteiger charge is 2.40. The van der Waals surface area contributed by atoms with E-state index in [1.54, 1.807) is 12.1 Å². The number of hydrogen-bond donors (Lipinski definition) is 2. The van der Waals surface area contributed by atoms with E-state index in [1.807, 2.05) is 0 Å². The summed E-state index contributed by atoms with van der Waals surface area (Å²) in [4.78, 5) is 36.3. The molecule has 1 heterocycles. The lowest BCUT2D eigenvalue weighted by molar-refractivity contribution is -0.146. The van der Waals surface area contributed by atoms with Gasteiger partial charge in [-0.25, -0.2) is 4.79 Å². The third-order valence-corrected chi connectivity index (χ3v) is 5.37. The van der Waals surface area contributed by atoms with Crippen molar-refractivity contribution in [3.8, 4) is 17.2 Å². The number of nitrogens with zero attached hydrogens (tertiary/aromatic N) is 1. The van der Waals surface area contributed by atoms with Gasteiger partial charge in [-0.1, -0.05) is 24.0 Å². The van der Waals surface area contributed by atoms with Gasteiger partial charge in [0.15, 0.2) is 11.5 Å². The molecule has 1 atom stereocenters. The van der Waals surface area contributed by atoms with E-state index in [-0.39, 0.29) is 15.6 Å². The van der Waals surface area contributed by atoms with Crippen LogP contribution >= 0.6 is 24.0 Å². The molecular weight excluding hydrogens is 422 g/mol. The number of carboxylic acids is 2. The van der Waals surface area contributed by atoms with Crippen molar-refractivity contribution >= 4 is 52.2 Å². The first-order valence-corrected chi connectivity index (χ1v) is 9.47. The number of thiocarbonyl (C=S) groups is 1. The van der Waals surface area contributed by atoms with Crippen molar-refractivity contribution in [3.63, 3.8) is 0 Å². The largest absolute Gasteiger partial charge is 0.493 e. The van der Waals surface area contributed by atoms with E-state index in [9.17, 15) is 19.5 Å². The van der Waals surface area contributed by atoms with Crippen LogP contribution < -0.4 is 14.2 Å². The van der Waals surface area contributed by atoms with Crippen LogP contribution in [0.4, 0.5) is 0 Å². The van der Waals surface area contributed by atoms with Gasteiger partial charge in [-0.15, -0.1) is 0 Å². The van der Waals surface area contributed by atoms with Crippen molar-refractivity contribution < 1.29 is 38.8 Å². The van der Waals surface area contributed by atoms with Gasteiger partial charge in [-0.3, -0.25) is 14.5 Å². The summed E-state index contributed by atoms with van der Waals surface area (Å²) in [5.74, 6) is -1.92. The molecule has 0 saturated carbocycles. The maximum Gasteiger partial charge on any atom is 0.326 e. The van der Waals surface area contributed by atoms with E-state index in [0.29, 0.717) is 22.8 Å². The molecule has 0 aliphatic carbocycles. The Kier molecular flexibility index (Phi) is 7.46. The minimum Gasteiger partial charge on any atom is -0.493 e. The van der Waals surface area contributed by atoms with Crippen molar-refractivity contribution in [3.05, 3.63) is 22.6 Å². The average molecular weight is 441 g/mol. The predicted octanol–water partition coefficient (Wildman–Crippen LogP) is 2.23. The minimum absolute atomic E-state index is 0.0477. The standard InChI is InChI=1S/C18H19NO8S2/c1-25-11-6-9(7-12(26-2)15(11)27-3)8-13-16(22)19(18(28)29-13)10(17(23)24)4-5-14(20)21/h6-8,10H,4-5H2,1-3H3,(H,20,21)(H,23,24)/b13-8-/t10-/m1/s1. The number of benzene rings is 1. The average Bonchev–Trinajstić information content (AvgIpc) is 2.94. The Morgan fingerprint density at radius 3 is 2.21 bits per heavy atom. The molecule has 29 heavy (non-hydrogen) atoms. The summed E-state index contributed by atoms with van der Waals surface area (Å²) in [6.45, 7) is 0. The zero-order valence-corrected chi connectivity index (χ0v) is 17.5. The number of carbonyl (C=O) groups is 3. The molecule has 156 valence electrons. The summed E-state index contributed by atoms with van der Waals surface area (Å²) in [6, 6.07) is 1.91. The summed E-state index contributed by atoms with van der Waals surface area (Å²) >= 11 is 6.11. The minimum atomic E-state index is -1.36. The van der Waals surface area contributed by atoms with Crippen molar-refractivity contribution in [2.45, 2.75) is 18.9 Å². The fourth-order valence-electron chi connectivity index (χ4n) is 2.71. The molecule has 1 saturated heterocycles. The molecule has 1 amide bonds. The van der Waals surface area contributed by atoms with E-state index in [2.05, 4.69) is 0 Å². The van der Waals surface area contributed by atoms with Crippen LogP contribution in [-0.4, -0.2) is 64.7 Å². The number of aliphatic carboxylic acids is 2. The molecule has 2 rings (SSSR count). The van der Waals surface area contributed by atoms with Crippen LogP contribution in [0.25, 0.3) is 6.08 Å². The number of rotatable bonds is 9. The van der Waals surface area contributed by atoms with Gasteiger partial charge in [0.25, 0.3) is 5.91 Å². The lowest BCUT2D eigenvalue weighted by Crippen LogP contribution is -2.44. The molecule has 9 nitrogen and oxygen atoms in total. The molecule has 0 aromatic heterocycles. The number of methoxy groups -OCH3 is 3. The molecule has 1 fully saturated rings. The molecule has 0 unspecified atom stereocenters. The van der Waals surface area contributed by atoms with Crippen LogP contribution in [0.2, 0.25) is 0 Å². The Labute approximate surface area is 176 Å². The third kappa shape index (κ3) is 4.98. The first-order chi connectivity index (χ1) is 13.7. The zero-order chi connectivity index (χ0) is 21.7. The second-order valence-corrected chi connectivity index (χ2v) is 7.47. The molecule has 1 aliphatic heterocycles. The second kappa shape index (κ2) is 9.61. The second-order valence-electron chi connectivity index (χ2n) is 5.80. The number of hydrogen-bond acceptors (Lipinski definition) is 8. The summed E-state index contributed by atoms with van der Waals surface area (Å²) in [5.41, 5.74) is 0.553. The number of thioether (sulfide) groups is 1. The molecule has 1 aromatic rings. The molecule has 0 bridgehead atoms. The van der Waals surface area contributed by atoms with Crippen LogP contribution in [-0.2, 0) is 14.4 Å². The molecule has 1 aliphatic rings. The van der Waals surface area contributed by atoms with E-state index < -0.39 is 30.3 Å². The third-order valence-electron chi connectivity index (χ3n) is 4.04. The predicted molar refractivity (Wildman–Crippen MR) is 109 cm³/mol. The van der Waals surface area contributed by atoms with Crippen LogP contribution in [0.3, 0.4) is 0 Å². The van der Waals surface area contributed by atoms with E-state index in [1.165, 1.54) is 27.4 Å². The Hall–Kier alpha value is -2.79. The molecule has 1 aromatic carbocycles. The Morgan fingerprint density at radius 1 is 1.17 bits per heavy atom. The van der Waals surface area contributed by atoms with Crippen molar-refractivity contribution in [2.75, 3.05) is 21.3 Å². The van der Waals surface area contributed by atoms with Crippen molar-refractivity contribution in [1.82, 2.24) is 4.90 Å². The van der Waals surface area contributed by atoms with Crippen LogP contribution in [0.1, 0.15) is 18.4 Å². The maximum absolute atomic E-state index is 12.8. The number of carbonyl (C=O) groups excluding carboxylic acids is 1. The van der Waals surface area contributed by atoms with Crippen LogP contribution in [0, 0.1) is 0 Å². The van der Waals surface area contributed by atoms with Crippen molar-refractivity contribution in [2.24, 2.45) is 0 Å². The summed E-state index contributed by atoms with van der Waals surface area (Å²) in [5, 5.41) is 18.3. The van der Waals surface area contributed by atoms with Crippen LogP contribution in [0.15, 0.2) is 17.0 Å². The lowest BCUT2D eigenvalue weighted by Gasteiger charge is -2.22. The first kappa shape index (κ1) is 22.5. The van der Waals surface area contributed by atoms with Crippen molar-refractivity contribution in [1.29, 1.82) is 0 Å². The molecule has 2 N–H and O–H groups in total. The van der Waals surface area contributed by atoms with Gasteiger partial charge in [0, 0.05) is 6.42 Å². The van der Waals surface area contributed by atoms with Crippen LogP contribution in [0.5, 0.6) is 17.2 Å². The van der Waals surface area contributed by atoms with Gasteiger partial charge in [0.2, 0.25) is 5.75 Å². The fraction of sp³-hybridized carbons (Fsp3) is 0.333. The molecule has 11 heteroatoms. The fourth-order valence-corrected chi connectivity index (χ4v) is 4.06. The van der Waals surface area contributed by atoms with Gasteiger partial charge >= 0.3 is 11.9 Å². The van der Waals surface area contributed by atoms with E-state index in [0.717, 1.165) is 16.7 Å². The van der Waals surface area contributed by atoms with Gasteiger partial charge in [0.05, 0.1) is 26.2 Å². The molecule has 0 spiro atoms. The highest BCUT2D eigenvalue weighted by atomic mass is 32.2. The maximum atomic E-state index is 12.8. The van der Waals surface area contributed by atoms with Gasteiger partial charge < -0.3 is 24.4 Å². The first-order valence-electron chi connectivity index (χ1n) is 8.25. The zero-order valence-electron chi connectivity index (χ0n) is 15.8. The van der Waals surface area contributed by atoms with E-state index >= 15 is 0 Å². The number of carboxylic acid groups (broad SMARTS) is 2.